The Labute approximate surface area is 75.7 Å². The second-order valence-corrected chi connectivity index (χ2v) is 2.73. The summed E-state index contributed by atoms with van der Waals surface area (Å²) in [4.78, 5) is 0. The van der Waals surface area contributed by atoms with Crippen molar-refractivity contribution in [2.45, 2.75) is 0 Å². The van der Waals surface area contributed by atoms with Crippen molar-refractivity contribution in [2.24, 2.45) is 0 Å². The third kappa shape index (κ3) is 1.36. The smallest absolute Gasteiger partial charge is 0.129 e. The maximum Gasteiger partial charge on any atom is 0.129 e. The minimum atomic E-state index is 0.548. The normalized spacial score (nSPS) is 10.2. The molecule has 66 valence electrons. The number of nitrogens with one attached hydrogen (secondary N) is 2. The van der Waals surface area contributed by atoms with Crippen LogP contribution < -0.4 is 4.74 Å². The lowest BCUT2D eigenvalue weighted by molar-refractivity contribution is 0.447. The van der Waals surface area contributed by atoms with Crippen molar-refractivity contribution in [3.8, 4) is 5.75 Å². The van der Waals surface area contributed by atoms with E-state index in [4.69, 9.17) is 4.74 Å². The number of ether oxygens (including phenoxy) is 1. The minimum Gasteiger partial charge on any atom is -0.458 e. The van der Waals surface area contributed by atoms with Gasteiger partial charge in [0, 0.05) is 6.07 Å². The number of allylic oxidation sites excluding steroid dienone is 1. The van der Waals surface area contributed by atoms with Crippen molar-refractivity contribution in [1.82, 2.24) is 10.2 Å². The first-order valence-corrected chi connectivity index (χ1v) is 3.95. The van der Waals surface area contributed by atoms with Crippen LogP contribution in [0.5, 0.6) is 5.75 Å². The van der Waals surface area contributed by atoms with Gasteiger partial charge in [0.2, 0.25) is 0 Å². The van der Waals surface area contributed by atoms with Gasteiger partial charge in [0.05, 0.1) is 11.0 Å². The van der Waals surface area contributed by atoms with Crippen molar-refractivity contribution in [1.29, 1.82) is 0 Å². The molecule has 0 spiro atoms. The lowest BCUT2D eigenvalue weighted by atomic mass is 10.3. The third-order valence-electron chi connectivity index (χ3n) is 1.80. The number of aromatic nitrogens is 2. The Bertz CT molecular complexity index is 450. The highest BCUT2D eigenvalue weighted by atomic mass is 16.5. The van der Waals surface area contributed by atoms with Crippen LogP contribution in [0.25, 0.3) is 11.0 Å². The van der Waals surface area contributed by atoms with Crippen molar-refractivity contribution in [3.63, 3.8) is 0 Å². The zero-order valence-electron chi connectivity index (χ0n) is 7.13. The van der Waals surface area contributed by atoms with Gasteiger partial charge >= 0.3 is 0 Å². The maximum absolute atomic E-state index is 5.35. The Hall–Kier alpha value is -1.90. The van der Waals surface area contributed by atoms with E-state index in [9.17, 15) is 0 Å². The molecule has 0 fully saturated rings. The zero-order chi connectivity index (χ0) is 9.26. The summed E-state index contributed by atoms with van der Waals surface area (Å²) in [6.45, 7) is 7.22. The van der Waals surface area contributed by atoms with Gasteiger partial charge in [0.25, 0.3) is 0 Å². The quantitative estimate of drug-likeness (QED) is 0.545. The van der Waals surface area contributed by atoms with Crippen LogP contribution in [0, 0.1) is 0 Å². The van der Waals surface area contributed by atoms with E-state index >= 15 is 0 Å². The molecule has 0 aliphatic carbocycles. The number of fused-ring (bicyclic) bond motifs is 1. The number of rotatable bonds is 3. The first kappa shape index (κ1) is 7.73. The van der Waals surface area contributed by atoms with Crippen LogP contribution in [0.15, 0.2) is 43.2 Å². The molecular weight excluding hydrogens is 164 g/mol. The molecule has 0 amide bonds. The molecule has 0 unspecified atom stereocenters. The number of hydrogen-bond donors (Lipinski definition) is 2. The van der Waals surface area contributed by atoms with Gasteiger partial charge in [-0.05, 0) is 18.2 Å². The Balaban J connectivity index is 2.25. The third-order valence-corrected chi connectivity index (χ3v) is 1.80. The van der Waals surface area contributed by atoms with Gasteiger partial charge in [-0.2, -0.15) is 0 Å². The predicted molar refractivity (Wildman–Crippen MR) is 52.6 cm³/mol. The highest BCUT2D eigenvalue weighted by Crippen LogP contribution is 2.20. The molecule has 0 radical (unpaired) electrons. The molecule has 2 aromatic rings. The fourth-order valence-electron chi connectivity index (χ4n) is 1.06. The van der Waals surface area contributed by atoms with Gasteiger partial charge in [-0.25, -0.2) is 0 Å². The summed E-state index contributed by atoms with van der Waals surface area (Å²) in [5.41, 5.74) is 2.12. The molecular formula is C10H10N2O. The first-order chi connectivity index (χ1) is 6.29. The Kier molecular flexibility index (Phi) is 1.70. The Morgan fingerprint density at radius 1 is 1.31 bits per heavy atom. The van der Waals surface area contributed by atoms with E-state index in [-0.39, 0.29) is 0 Å². The molecule has 0 atom stereocenters. The van der Waals surface area contributed by atoms with Crippen LogP contribution in [-0.4, -0.2) is 10.2 Å². The van der Waals surface area contributed by atoms with Crippen LogP contribution in [0.1, 0.15) is 0 Å². The molecule has 2 rings (SSSR count). The van der Waals surface area contributed by atoms with Gasteiger partial charge in [-0.1, -0.05) is 13.2 Å². The molecule has 13 heavy (non-hydrogen) atoms. The van der Waals surface area contributed by atoms with E-state index in [0.717, 1.165) is 16.8 Å². The lowest BCUT2D eigenvalue weighted by Gasteiger charge is -2.07. The average molecular weight is 174 g/mol. The van der Waals surface area contributed by atoms with E-state index in [2.05, 4.69) is 23.4 Å². The Morgan fingerprint density at radius 2 is 2.08 bits per heavy atom. The molecule has 3 nitrogen and oxygen atoms in total. The second-order valence-electron chi connectivity index (χ2n) is 2.73. The summed E-state index contributed by atoms with van der Waals surface area (Å²) < 4.78 is 5.35. The summed E-state index contributed by atoms with van der Waals surface area (Å²) in [6, 6.07) is 5.72. The van der Waals surface area contributed by atoms with Gasteiger partial charge in [0.15, 0.2) is 0 Å². The van der Waals surface area contributed by atoms with Gasteiger partial charge in [-0.3, -0.25) is 10.2 Å². The van der Waals surface area contributed by atoms with Crippen LogP contribution >= 0.6 is 0 Å². The molecule has 0 saturated carbocycles. The van der Waals surface area contributed by atoms with Crippen LogP contribution in [-0.2, 0) is 0 Å². The molecule has 0 aliphatic rings. The summed E-state index contributed by atoms with van der Waals surface area (Å²) in [7, 11) is 0. The van der Waals surface area contributed by atoms with Crippen LogP contribution in [0.4, 0.5) is 0 Å². The fraction of sp³-hybridized carbons (Fsp3) is 0. The number of aromatic amines is 2. The van der Waals surface area contributed by atoms with Gasteiger partial charge in [-0.15, -0.1) is 0 Å². The van der Waals surface area contributed by atoms with E-state index in [1.54, 1.807) is 6.08 Å². The molecule has 0 aliphatic heterocycles. The monoisotopic (exact) mass is 174 g/mol. The SMILES string of the molecule is C=CC(=C)Oc1ccc2[nH][nH]c2c1. The van der Waals surface area contributed by atoms with E-state index in [0.29, 0.717) is 5.76 Å². The predicted octanol–water partition coefficient (Wildman–Crippen LogP) is 2.57. The molecule has 3 heteroatoms. The molecule has 1 aromatic heterocycles. The first-order valence-electron chi connectivity index (χ1n) is 3.95. The standard InChI is InChI=1S/C10H10N2O/c1-3-7(2)13-8-4-5-9-10(6-8)12-11-9/h3-6,11-12H,1-2H2. The van der Waals surface area contributed by atoms with Crippen molar-refractivity contribution in [2.75, 3.05) is 0 Å². The van der Waals surface area contributed by atoms with Crippen LogP contribution in [0.3, 0.4) is 0 Å². The summed E-state index contributed by atoms with van der Waals surface area (Å²) >= 11 is 0. The lowest BCUT2D eigenvalue weighted by Crippen LogP contribution is -1.94. The number of H-pyrrole nitrogens is 2. The van der Waals surface area contributed by atoms with Gasteiger partial charge in [0.1, 0.15) is 11.5 Å². The average Bonchev–Trinajstić information content (AvgIpc) is 2.10. The number of benzene rings is 1. The Morgan fingerprint density at radius 3 is 2.62 bits per heavy atom. The summed E-state index contributed by atoms with van der Waals surface area (Å²) in [6.07, 6.45) is 1.57. The zero-order valence-corrected chi connectivity index (χ0v) is 7.13. The molecule has 1 heterocycles. The van der Waals surface area contributed by atoms with Crippen LogP contribution in [0.2, 0.25) is 0 Å². The molecule has 1 aromatic carbocycles. The molecule has 2 N–H and O–H groups in total. The topological polar surface area (TPSA) is 40.8 Å². The van der Waals surface area contributed by atoms with Crippen molar-refractivity contribution in [3.05, 3.63) is 43.2 Å². The summed E-state index contributed by atoms with van der Waals surface area (Å²) in [5, 5.41) is 5.87. The van der Waals surface area contributed by atoms with Crippen molar-refractivity contribution < 1.29 is 4.74 Å². The van der Waals surface area contributed by atoms with E-state index < -0.39 is 0 Å². The fourth-order valence-corrected chi connectivity index (χ4v) is 1.06. The van der Waals surface area contributed by atoms with Gasteiger partial charge < -0.3 is 4.74 Å². The summed E-state index contributed by atoms with van der Waals surface area (Å²) in [5.74, 6) is 1.31. The maximum atomic E-state index is 5.35. The highest BCUT2D eigenvalue weighted by Gasteiger charge is 2.00. The highest BCUT2D eigenvalue weighted by molar-refractivity contribution is 5.77. The van der Waals surface area contributed by atoms with Crippen molar-refractivity contribution >= 4 is 11.0 Å². The second kappa shape index (κ2) is 2.86. The van der Waals surface area contributed by atoms with E-state index in [1.165, 1.54) is 0 Å². The molecule has 0 bridgehead atoms. The minimum absolute atomic E-state index is 0.548. The van der Waals surface area contributed by atoms with E-state index in [1.807, 2.05) is 18.2 Å². The molecule has 0 saturated heterocycles. The number of hydrogen-bond acceptors (Lipinski definition) is 1. The largest absolute Gasteiger partial charge is 0.458 e.